The summed E-state index contributed by atoms with van der Waals surface area (Å²) in [7, 11) is 0. The van der Waals surface area contributed by atoms with Crippen LogP contribution >= 0.6 is 0 Å². The first-order valence-corrected chi connectivity index (χ1v) is 8.46. The van der Waals surface area contributed by atoms with Crippen molar-refractivity contribution in [3.63, 3.8) is 0 Å². The van der Waals surface area contributed by atoms with E-state index in [0.29, 0.717) is 0 Å². The number of aliphatic imine (C=N–C) groups is 1. The average Bonchev–Trinajstić information content (AvgIpc) is 2.82. The average molecular weight is 867 g/mol. The van der Waals surface area contributed by atoms with Crippen LogP contribution in [0, 0.1) is 11.8 Å². The normalized spacial score (nSPS) is 17.3. The molecule has 2 rings (SSSR count). The number of hydrogen-bond acceptors (Lipinski definition) is 5. The van der Waals surface area contributed by atoms with Crippen molar-refractivity contribution in [1.82, 2.24) is 0 Å². The van der Waals surface area contributed by atoms with Crippen LogP contribution in [0.4, 0.5) is 0 Å². The quantitative estimate of drug-likeness (QED) is 0.178. The minimum Gasteiger partial charge on any atom is -0.358 e. The van der Waals surface area contributed by atoms with Gasteiger partial charge in [0.1, 0.15) is 0 Å². The first kappa shape index (κ1) is 22.1. The van der Waals surface area contributed by atoms with Crippen molar-refractivity contribution in [2.24, 2.45) is 24.4 Å². The predicted octanol–water partition coefficient (Wildman–Crippen LogP) is 4.04. The zero-order valence-corrected chi connectivity index (χ0v) is 20.7. The van der Waals surface area contributed by atoms with E-state index in [2.05, 4.69) is 57.2 Å². The Bertz CT molecular complexity index is 684. The van der Waals surface area contributed by atoms with Crippen molar-refractivity contribution < 1.29 is 0 Å². The van der Waals surface area contributed by atoms with Gasteiger partial charge in [0.2, 0.25) is 0 Å². The molecule has 0 aliphatic heterocycles. The Labute approximate surface area is 159 Å². The molecule has 0 aromatic carbocycles. The van der Waals surface area contributed by atoms with Crippen molar-refractivity contribution in [3.8, 4) is 0 Å². The molecule has 0 bridgehead atoms. The molecule has 0 unspecified atom stereocenters. The topological polar surface area (TPSA) is 61.8 Å². The molecule has 0 saturated heterocycles. The standard InChI is InChI=1S/C17H15N5.2Al.2Lr/c1-12-8-14(19-3)4-6-16(10-12)21-22-17-7-5-15(20-18)9-13(2)11-17;;;;/h3-11H,1-2H3;;;;/q-3;;+1;;. The molecule has 2 aliphatic rings. The third-order valence-corrected chi connectivity index (χ3v) is 3.29. The molecule has 9 heteroatoms. The van der Waals surface area contributed by atoms with Gasteiger partial charge in [-0.15, -0.1) is 53.7 Å². The van der Waals surface area contributed by atoms with Gasteiger partial charge in [-0.3, -0.25) is 5.11 Å². The Balaban J connectivity index is 0.00000312. The number of rotatable bonds is 4. The molecule has 0 fully saturated rings. The van der Waals surface area contributed by atoms with Gasteiger partial charge in [-0.05, 0) is 22.8 Å². The Morgan fingerprint density at radius 1 is 0.731 bits per heavy atom. The zero-order chi connectivity index (χ0) is 17.4. The molecule has 0 atom stereocenters. The third kappa shape index (κ3) is 6.70. The van der Waals surface area contributed by atoms with Gasteiger partial charge in [-0.25, -0.2) is 10.2 Å². The molecule has 146 valence electrons. The maximum Gasteiger partial charge on any atom is 0.384 e. The van der Waals surface area contributed by atoms with Crippen LogP contribution in [-0.2, 0) is 0 Å². The molecular weight excluding hydrogens is 852 g/mol. The fourth-order valence-corrected chi connectivity index (χ4v) is 2.39. The second-order valence-corrected chi connectivity index (χ2v) is 5.65. The maximum absolute atomic E-state index is 4.33. The van der Waals surface area contributed by atoms with Gasteiger partial charge in [0.05, 0.1) is 0 Å². The summed E-state index contributed by atoms with van der Waals surface area (Å²) in [5.74, 6) is 2.10. The molecule has 0 amide bonds. The van der Waals surface area contributed by atoms with Crippen molar-refractivity contribution in [1.29, 1.82) is 0 Å². The van der Waals surface area contributed by atoms with E-state index < -0.39 is 0 Å². The van der Waals surface area contributed by atoms with E-state index in [1.165, 1.54) is 0 Å². The van der Waals surface area contributed by atoms with Crippen LogP contribution in [0.25, 0.3) is 0 Å². The SMILES string of the molecule is C[C-]1C=C(N=[CH][Al])C=CC(N=NC2=C[C-](C)C=C(N=[N][Al])C=C2)=C1.[Lr].[Lr]. The minimum absolute atomic E-state index is 0. The van der Waals surface area contributed by atoms with Gasteiger partial charge < -0.3 is 9.09 Å². The van der Waals surface area contributed by atoms with E-state index >= 15 is 0 Å². The second kappa shape index (κ2) is 10.8. The van der Waals surface area contributed by atoms with Gasteiger partial charge in [0.25, 0.3) is 0 Å². The summed E-state index contributed by atoms with van der Waals surface area (Å²) in [6, 6.07) is 0. The smallest absolute Gasteiger partial charge is 0.358 e. The molecule has 26 heavy (non-hydrogen) atoms. The van der Waals surface area contributed by atoms with Gasteiger partial charge >= 0.3 is 16.5 Å². The van der Waals surface area contributed by atoms with Crippen LogP contribution in [0.2, 0.25) is 0 Å². The summed E-state index contributed by atoms with van der Waals surface area (Å²) in [4.78, 5) is 4.26. The van der Waals surface area contributed by atoms with E-state index in [1.807, 2.05) is 62.5 Å². The van der Waals surface area contributed by atoms with E-state index in [-0.39, 0.29) is 0 Å². The fourth-order valence-electron chi connectivity index (χ4n) is 2.09. The Kier molecular flexibility index (Phi) is 9.19. The largest absolute Gasteiger partial charge is 0.384 e. The van der Waals surface area contributed by atoms with Crippen molar-refractivity contribution in [3.05, 3.63) is 83.2 Å². The number of azo groups is 1. The summed E-state index contributed by atoms with van der Waals surface area (Å²) in [5, 5.41) is 14.4. The molecule has 2 aliphatic carbocycles. The van der Waals surface area contributed by atoms with Crippen LogP contribution in [0.3, 0.4) is 0 Å². The van der Waals surface area contributed by atoms with Crippen LogP contribution in [0.1, 0.15) is 13.8 Å². The van der Waals surface area contributed by atoms with Gasteiger partial charge in [-0.2, -0.15) is 11.8 Å². The monoisotopic (exact) mass is 867 g/mol. The van der Waals surface area contributed by atoms with Gasteiger partial charge in [0, 0.05) is 0 Å². The first-order chi connectivity index (χ1) is 11.6. The summed E-state index contributed by atoms with van der Waals surface area (Å²) in [6.07, 6.45) is 15.4. The van der Waals surface area contributed by atoms with Crippen molar-refractivity contribution in [2.75, 3.05) is 0 Å². The van der Waals surface area contributed by atoms with Crippen molar-refractivity contribution in [2.45, 2.75) is 13.8 Å². The molecule has 0 saturated carbocycles. The van der Waals surface area contributed by atoms with Gasteiger partial charge in [-0.1, -0.05) is 13.8 Å². The molecule has 0 aromatic rings. The molecular formula is C17H15Al2Lr2N5-2. The Morgan fingerprint density at radius 2 is 1.12 bits per heavy atom. The number of allylic oxidation sites excluding steroid dienone is 8. The van der Waals surface area contributed by atoms with E-state index in [1.54, 1.807) is 5.08 Å². The van der Waals surface area contributed by atoms with Crippen molar-refractivity contribution >= 4 is 37.9 Å². The predicted molar refractivity (Wildman–Crippen MR) is 98.2 cm³/mol. The molecule has 5 nitrogen and oxygen atoms in total. The molecule has 0 spiro atoms. The van der Waals surface area contributed by atoms with Gasteiger partial charge in [0.15, 0.2) is 16.3 Å². The molecule has 0 aromatic heterocycles. The third-order valence-electron chi connectivity index (χ3n) is 3.03. The van der Waals surface area contributed by atoms with Crippen LogP contribution in [0.15, 0.2) is 95.8 Å². The maximum atomic E-state index is 4.33. The fraction of sp³-hybridized carbons (Fsp3) is 0.118. The minimum atomic E-state index is 0. The Morgan fingerprint density at radius 3 is 1.54 bits per heavy atom. The van der Waals surface area contributed by atoms with Crippen LogP contribution in [-0.4, -0.2) is 37.9 Å². The van der Waals surface area contributed by atoms with E-state index in [9.17, 15) is 0 Å². The first-order valence-electron chi connectivity index (χ1n) is 7.27. The van der Waals surface area contributed by atoms with Crippen LogP contribution in [0.5, 0.6) is 0 Å². The Hall–Kier alpha value is -3.89. The number of nitrogens with zero attached hydrogens (tertiary/aromatic N) is 5. The summed E-state index contributed by atoms with van der Waals surface area (Å²) >= 11 is 4.69. The van der Waals surface area contributed by atoms with E-state index in [4.69, 9.17) is 0 Å². The van der Waals surface area contributed by atoms with E-state index in [0.717, 1.165) is 34.6 Å². The summed E-state index contributed by atoms with van der Waals surface area (Å²) < 4.78 is 3.71. The number of hydrogen-bond donors (Lipinski definition) is 0. The molecule has 6 radical (unpaired) electrons. The second-order valence-electron chi connectivity index (χ2n) is 5.13. The summed E-state index contributed by atoms with van der Waals surface area (Å²) in [5.41, 5.74) is 3.17. The molecule has 0 N–H and O–H groups in total. The summed E-state index contributed by atoms with van der Waals surface area (Å²) in [6.45, 7) is 3.99. The molecule has 0 heterocycles. The van der Waals surface area contributed by atoms with Crippen LogP contribution < -0.4 is 0 Å². The zero-order valence-electron chi connectivity index (χ0n) is 14.1.